The lowest BCUT2D eigenvalue weighted by Crippen LogP contribution is -1.94. The molecule has 0 saturated carbocycles. The summed E-state index contributed by atoms with van der Waals surface area (Å²) in [6.45, 7) is 0.864. The minimum Gasteiger partial charge on any atom is -0.484 e. The Kier molecular flexibility index (Phi) is 3.63. The smallest absolute Gasteiger partial charge is 0.146 e. The van der Waals surface area contributed by atoms with Gasteiger partial charge in [0.05, 0.1) is 5.02 Å². The molecule has 1 aromatic heterocycles. The van der Waals surface area contributed by atoms with Crippen molar-refractivity contribution in [2.75, 3.05) is 0 Å². The summed E-state index contributed by atoms with van der Waals surface area (Å²) in [5.41, 5.74) is 7.54. The molecule has 1 heterocycles. The summed E-state index contributed by atoms with van der Waals surface area (Å²) < 4.78 is 11.4. The Morgan fingerprint density at radius 3 is 2.75 bits per heavy atom. The molecule has 0 aliphatic rings. The maximum Gasteiger partial charge on any atom is 0.146 e. The quantitative estimate of drug-likeness (QED) is 0.785. The first-order chi connectivity index (χ1) is 9.76. The van der Waals surface area contributed by atoms with Crippen LogP contribution in [-0.4, -0.2) is 0 Å². The summed E-state index contributed by atoms with van der Waals surface area (Å²) in [4.78, 5) is 0. The molecule has 0 spiro atoms. The number of furan rings is 1. The van der Waals surface area contributed by atoms with Gasteiger partial charge < -0.3 is 14.9 Å². The van der Waals surface area contributed by atoms with Crippen molar-refractivity contribution in [1.29, 1.82) is 0 Å². The average molecular weight is 288 g/mol. The molecular formula is C16H14ClNO2. The van der Waals surface area contributed by atoms with Crippen LogP contribution in [-0.2, 0) is 13.2 Å². The van der Waals surface area contributed by atoms with Gasteiger partial charge in [0.2, 0.25) is 0 Å². The highest BCUT2D eigenvalue weighted by Crippen LogP contribution is 2.26. The fraction of sp³-hybridized carbons (Fsp3) is 0.125. The second-order valence-electron chi connectivity index (χ2n) is 4.51. The van der Waals surface area contributed by atoms with Crippen molar-refractivity contribution in [3.63, 3.8) is 0 Å². The molecule has 0 atom stereocenters. The number of rotatable bonds is 4. The first-order valence-electron chi connectivity index (χ1n) is 6.35. The van der Waals surface area contributed by atoms with Gasteiger partial charge in [0.25, 0.3) is 0 Å². The van der Waals surface area contributed by atoms with E-state index >= 15 is 0 Å². The Bertz CT molecular complexity index is 736. The van der Waals surface area contributed by atoms with Crippen molar-refractivity contribution in [3.05, 3.63) is 64.9 Å². The van der Waals surface area contributed by atoms with Gasteiger partial charge in [-0.25, -0.2) is 0 Å². The third-order valence-corrected chi connectivity index (χ3v) is 3.39. The summed E-state index contributed by atoms with van der Waals surface area (Å²) >= 11 is 6.04. The minimum atomic E-state index is 0.344. The van der Waals surface area contributed by atoms with Crippen molar-refractivity contribution in [1.82, 2.24) is 0 Å². The van der Waals surface area contributed by atoms with Crippen LogP contribution in [0, 0.1) is 0 Å². The highest BCUT2D eigenvalue weighted by atomic mass is 35.5. The lowest BCUT2D eigenvalue weighted by Gasteiger charge is -2.05. The van der Waals surface area contributed by atoms with Crippen molar-refractivity contribution in [2.24, 2.45) is 5.73 Å². The molecule has 0 amide bonds. The third kappa shape index (κ3) is 2.64. The number of nitrogens with two attached hydrogens (primary N) is 1. The Morgan fingerprint density at radius 2 is 1.95 bits per heavy atom. The fourth-order valence-electron chi connectivity index (χ4n) is 2.06. The van der Waals surface area contributed by atoms with E-state index in [1.165, 1.54) is 0 Å². The molecule has 2 N–H and O–H groups in total. The monoisotopic (exact) mass is 287 g/mol. The molecule has 4 heteroatoms. The molecule has 3 rings (SSSR count). The van der Waals surface area contributed by atoms with Gasteiger partial charge in [-0.3, -0.25) is 0 Å². The molecule has 0 radical (unpaired) electrons. The number of para-hydroxylation sites is 1. The lowest BCUT2D eigenvalue weighted by atomic mass is 10.1. The largest absolute Gasteiger partial charge is 0.484 e. The highest BCUT2D eigenvalue weighted by Gasteiger charge is 2.06. The summed E-state index contributed by atoms with van der Waals surface area (Å²) in [5, 5.41) is 1.62. The molecule has 102 valence electrons. The van der Waals surface area contributed by atoms with Crippen molar-refractivity contribution < 1.29 is 9.15 Å². The van der Waals surface area contributed by atoms with E-state index in [1.807, 2.05) is 42.5 Å². The molecule has 0 saturated heterocycles. The Balaban J connectivity index is 1.79. The van der Waals surface area contributed by atoms with Gasteiger partial charge in [0.15, 0.2) is 0 Å². The number of hydrogen-bond acceptors (Lipinski definition) is 3. The van der Waals surface area contributed by atoms with E-state index in [4.69, 9.17) is 26.5 Å². The third-order valence-electron chi connectivity index (χ3n) is 3.07. The first-order valence-corrected chi connectivity index (χ1v) is 6.73. The summed E-state index contributed by atoms with van der Waals surface area (Å²) in [6, 6.07) is 15.3. The predicted molar refractivity (Wildman–Crippen MR) is 79.9 cm³/mol. The van der Waals surface area contributed by atoms with E-state index in [1.54, 1.807) is 6.07 Å². The summed E-state index contributed by atoms with van der Waals surface area (Å²) in [6.07, 6.45) is 0. The molecular weight excluding hydrogens is 274 g/mol. The zero-order valence-electron chi connectivity index (χ0n) is 10.8. The summed E-state index contributed by atoms with van der Waals surface area (Å²) in [7, 11) is 0. The van der Waals surface area contributed by atoms with Crippen molar-refractivity contribution in [2.45, 2.75) is 13.2 Å². The van der Waals surface area contributed by atoms with Gasteiger partial charge in [-0.2, -0.15) is 0 Å². The molecule has 0 unspecified atom stereocenters. The first kappa shape index (κ1) is 13.0. The molecule has 0 aliphatic carbocycles. The van der Waals surface area contributed by atoms with E-state index in [9.17, 15) is 0 Å². The standard InChI is InChI=1S/C16H14ClNO2/c17-14-3-1-2-4-16(14)19-10-13-8-12-7-11(9-18)5-6-15(12)20-13/h1-8H,9-10,18H2. The number of ether oxygens (including phenoxy) is 1. The molecule has 3 nitrogen and oxygen atoms in total. The fourth-order valence-corrected chi connectivity index (χ4v) is 2.25. The van der Waals surface area contributed by atoms with Crippen LogP contribution in [0.25, 0.3) is 11.0 Å². The molecule has 0 bridgehead atoms. The normalized spacial score (nSPS) is 10.9. The average Bonchev–Trinajstić information content (AvgIpc) is 2.88. The van der Waals surface area contributed by atoms with E-state index in [0.717, 1.165) is 22.3 Å². The Hall–Kier alpha value is -1.97. The zero-order chi connectivity index (χ0) is 13.9. The summed E-state index contributed by atoms with van der Waals surface area (Å²) in [5.74, 6) is 1.41. The van der Waals surface area contributed by atoms with Crippen LogP contribution in [0.4, 0.5) is 0 Å². The maximum atomic E-state index is 6.04. The van der Waals surface area contributed by atoms with Crippen molar-refractivity contribution in [3.8, 4) is 5.75 Å². The van der Waals surface area contributed by atoms with Crippen LogP contribution in [0.2, 0.25) is 5.02 Å². The van der Waals surface area contributed by atoms with E-state index in [0.29, 0.717) is 23.9 Å². The number of benzene rings is 2. The van der Waals surface area contributed by atoms with E-state index in [-0.39, 0.29) is 0 Å². The van der Waals surface area contributed by atoms with Gasteiger partial charge in [-0.05, 0) is 35.9 Å². The minimum absolute atomic E-state index is 0.344. The molecule has 0 aliphatic heterocycles. The molecule has 20 heavy (non-hydrogen) atoms. The van der Waals surface area contributed by atoms with Gasteiger partial charge in [-0.1, -0.05) is 29.8 Å². The zero-order valence-corrected chi connectivity index (χ0v) is 11.6. The van der Waals surface area contributed by atoms with Gasteiger partial charge in [0, 0.05) is 11.9 Å². The van der Waals surface area contributed by atoms with Crippen LogP contribution in [0.3, 0.4) is 0 Å². The van der Waals surface area contributed by atoms with Crippen LogP contribution < -0.4 is 10.5 Å². The van der Waals surface area contributed by atoms with Gasteiger partial charge in [0.1, 0.15) is 23.7 Å². The van der Waals surface area contributed by atoms with Gasteiger partial charge >= 0.3 is 0 Å². The molecule has 2 aromatic carbocycles. The predicted octanol–water partition coefficient (Wildman–Crippen LogP) is 4.12. The van der Waals surface area contributed by atoms with Crippen molar-refractivity contribution >= 4 is 22.6 Å². The number of halogens is 1. The highest BCUT2D eigenvalue weighted by molar-refractivity contribution is 6.32. The SMILES string of the molecule is NCc1ccc2oc(COc3ccccc3Cl)cc2c1. The second kappa shape index (κ2) is 5.57. The van der Waals surface area contributed by atoms with Crippen LogP contribution in [0.15, 0.2) is 52.9 Å². The second-order valence-corrected chi connectivity index (χ2v) is 4.92. The van der Waals surface area contributed by atoms with Gasteiger partial charge in [-0.15, -0.1) is 0 Å². The van der Waals surface area contributed by atoms with E-state index in [2.05, 4.69) is 0 Å². The van der Waals surface area contributed by atoms with Crippen LogP contribution in [0.5, 0.6) is 5.75 Å². The molecule has 3 aromatic rings. The van der Waals surface area contributed by atoms with Crippen LogP contribution >= 0.6 is 11.6 Å². The maximum absolute atomic E-state index is 6.04. The lowest BCUT2D eigenvalue weighted by molar-refractivity contribution is 0.274. The number of hydrogen-bond donors (Lipinski definition) is 1. The molecule has 0 fully saturated rings. The van der Waals surface area contributed by atoms with Crippen LogP contribution in [0.1, 0.15) is 11.3 Å². The Labute approximate surface area is 121 Å². The topological polar surface area (TPSA) is 48.4 Å². The Morgan fingerprint density at radius 1 is 1.10 bits per heavy atom. The van der Waals surface area contributed by atoms with E-state index < -0.39 is 0 Å². The number of fused-ring (bicyclic) bond motifs is 1.